The third kappa shape index (κ3) is 6.52. The largest absolute Gasteiger partial charge is 0.494 e. The molecule has 2 N–H and O–H groups in total. The first-order valence-electron chi connectivity index (χ1n) is 11.2. The van der Waals surface area contributed by atoms with Crippen molar-refractivity contribution < 1.29 is 14.3 Å². The number of allylic oxidation sites excluding steroid dienone is 1. The van der Waals surface area contributed by atoms with Crippen molar-refractivity contribution in [3.63, 3.8) is 0 Å². The fourth-order valence-electron chi connectivity index (χ4n) is 3.79. The maximum atomic E-state index is 11.8. The van der Waals surface area contributed by atoms with Gasteiger partial charge in [0.15, 0.2) is 0 Å². The fraction of sp³-hybridized carbons (Fsp3) is 0.385. The van der Waals surface area contributed by atoms with E-state index in [-0.39, 0.29) is 6.10 Å². The molecule has 0 aliphatic heterocycles. The topological polar surface area (TPSA) is 83.4 Å². The lowest BCUT2D eigenvalue weighted by molar-refractivity contribution is 0.130. The number of carbonyl (C=O) groups is 1. The highest BCUT2D eigenvalue weighted by Gasteiger charge is 2.18. The monoisotopic (exact) mass is 433 g/mol. The quantitative estimate of drug-likeness (QED) is 0.369. The molecule has 0 spiro atoms. The zero-order valence-electron chi connectivity index (χ0n) is 19.0. The lowest BCUT2D eigenvalue weighted by Gasteiger charge is -2.18. The Labute approximate surface area is 190 Å². The van der Waals surface area contributed by atoms with Crippen molar-refractivity contribution in [3.05, 3.63) is 53.6 Å². The Morgan fingerprint density at radius 2 is 1.91 bits per heavy atom. The van der Waals surface area contributed by atoms with Crippen LogP contribution in [0.25, 0.3) is 11.6 Å². The van der Waals surface area contributed by atoms with Gasteiger partial charge in [0.1, 0.15) is 5.75 Å². The number of rotatable bonds is 8. The van der Waals surface area contributed by atoms with E-state index in [0.29, 0.717) is 23.9 Å². The van der Waals surface area contributed by atoms with Gasteiger partial charge in [-0.05, 0) is 69.5 Å². The van der Waals surface area contributed by atoms with Crippen LogP contribution >= 0.6 is 0 Å². The predicted octanol–water partition coefficient (Wildman–Crippen LogP) is 6.46. The summed E-state index contributed by atoms with van der Waals surface area (Å²) in [7, 11) is 0. The molecule has 0 saturated heterocycles. The fourth-order valence-corrected chi connectivity index (χ4v) is 3.79. The van der Waals surface area contributed by atoms with E-state index in [2.05, 4.69) is 16.7 Å². The summed E-state index contributed by atoms with van der Waals surface area (Å²) in [6, 6.07) is 15.9. The van der Waals surface area contributed by atoms with E-state index in [9.17, 15) is 10.1 Å². The summed E-state index contributed by atoms with van der Waals surface area (Å²) in [5, 5.41) is 16.2. The molecule has 1 aliphatic rings. The maximum absolute atomic E-state index is 11.8. The van der Waals surface area contributed by atoms with Crippen molar-refractivity contribution >= 4 is 29.1 Å². The lowest BCUT2D eigenvalue weighted by Crippen LogP contribution is -2.17. The number of ether oxygens (including phenoxy) is 2. The van der Waals surface area contributed by atoms with Gasteiger partial charge in [0.25, 0.3) is 0 Å². The zero-order chi connectivity index (χ0) is 22.9. The van der Waals surface area contributed by atoms with E-state index in [0.717, 1.165) is 35.4 Å². The molecule has 1 fully saturated rings. The zero-order valence-corrected chi connectivity index (χ0v) is 19.0. The lowest BCUT2D eigenvalue weighted by atomic mass is 10.0. The molecule has 6 nitrogen and oxygen atoms in total. The van der Waals surface area contributed by atoms with Gasteiger partial charge >= 0.3 is 6.09 Å². The minimum Gasteiger partial charge on any atom is -0.494 e. The number of anilines is 2. The van der Waals surface area contributed by atoms with Gasteiger partial charge in [0.2, 0.25) is 0 Å². The first kappa shape index (κ1) is 23.2. The van der Waals surface area contributed by atoms with Crippen LogP contribution in [0.2, 0.25) is 0 Å². The number of benzene rings is 2. The molecule has 0 unspecified atom stereocenters. The number of hydrogen-bond donors (Lipinski definition) is 2. The Balaban J connectivity index is 1.83. The van der Waals surface area contributed by atoms with E-state index in [1.165, 1.54) is 12.8 Å². The number of carbonyl (C=O) groups excluding carboxylic acids is 1. The van der Waals surface area contributed by atoms with Crippen molar-refractivity contribution in [2.75, 3.05) is 17.2 Å². The molecule has 0 atom stereocenters. The van der Waals surface area contributed by atoms with Gasteiger partial charge in [-0.25, -0.2) is 4.79 Å². The summed E-state index contributed by atoms with van der Waals surface area (Å²) in [5.74, 6) is 0.790. The van der Waals surface area contributed by atoms with Crippen LogP contribution in [0.1, 0.15) is 57.6 Å². The standard InChI is InChI=1S/C26H31N3O3/c1-4-31-23-13-14-24(25(16-23)28-21-7-5-6-8-21)20(17-27)15-19-9-11-22(12-10-19)29-26(30)32-18(2)3/h9-16,18,21,28H,4-8H2,1-3H3,(H,29,30)/b20-15+. The highest BCUT2D eigenvalue weighted by atomic mass is 16.6. The summed E-state index contributed by atoms with van der Waals surface area (Å²) in [6.07, 6.45) is 5.91. The highest BCUT2D eigenvalue weighted by Crippen LogP contribution is 2.32. The van der Waals surface area contributed by atoms with E-state index in [1.54, 1.807) is 26.0 Å². The smallest absolute Gasteiger partial charge is 0.411 e. The number of hydrogen-bond acceptors (Lipinski definition) is 5. The molecule has 0 radical (unpaired) electrons. The first-order chi connectivity index (χ1) is 15.5. The minimum absolute atomic E-state index is 0.184. The van der Waals surface area contributed by atoms with Gasteiger partial charge in [-0.15, -0.1) is 0 Å². The van der Waals surface area contributed by atoms with Gasteiger partial charge in [0.05, 0.1) is 24.4 Å². The SMILES string of the molecule is CCOc1ccc(/C(C#N)=C/c2ccc(NC(=O)OC(C)C)cc2)c(NC2CCCC2)c1. The second-order valence-corrected chi connectivity index (χ2v) is 8.14. The van der Waals surface area contributed by atoms with E-state index < -0.39 is 6.09 Å². The molecule has 1 saturated carbocycles. The summed E-state index contributed by atoms with van der Waals surface area (Å²) in [4.78, 5) is 11.8. The van der Waals surface area contributed by atoms with Crippen LogP contribution in [0.15, 0.2) is 42.5 Å². The van der Waals surface area contributed by atoms with Gasteiger partial charge in [-0.3, -0.25) is 5.32 Å². The molecule has 6 heteroatoms. The second-order valence-electron chi connectivity index (χ2n) is 8.14. The number of nitrogens with one attached hydrogen (secondary N) is 2. The van der Waals surface area contributed by atoms with Crippen LogP contribution < -0.4 is 15.4 Å². The molecule has 32 heavy (non-hydrogen) atoms. The van der Waals surface area contributed by atoms with Crippen molar-refractivity contribution in [1.29, 1.82) is 5.26 Å². The Morgan fingerprint density at radius 1 is 1.19 bits per heavy atom. The Bertz CT molecular complexity index is 984. The van der Waals surface area contributed by atoms with Crippen LogP contribution in [-0.4, -0.2) is 24.8 Å². The van der Waals surface area contributed by atoms with Crippen LogP contribution in [-0.2, 0) is 4.74 Å². The normalized spacial score (nSPS) is 14.2. The summed E-state index contributed by atoms with van der Waals surface area (Å²) in [6.45, 7) is 6.15. The molecule has 2 aromatic carbocycles. The molecule has 0 bridgehead atoms. The van der Waals surface area contributed by atoms with Crippen molar-refractivity contribution in [1.82, 2.24) is 0 Å². The van der Waals surface area contributed by atoms with Gasteiger partial charge in [-0.1, -0.05) is 25.0 Å². The molecule has 168 valence electrons. The van der Waals surface area contributed by atoms with Crippen LogP contribution in [0.3, 0.4) is 0 Å². The number of amides is 1. The van der Waals surface area contributed by atoms with Gasteiger partial charge in [0, 0.05) is 29.0 Å². The van der Waals surface area contributed by atoms with Crippen LogP contribution in [0.5, 0.6) is 5.75 Å². The van der Waals surface area contributed by atoms with E-state index in [1.807, 2.05) is 43.3 Å². The van der Waals surface area contributed by atoms with Gasteiger partial charge < -0.3 is 14.8 Å². The third-order valence-corrected chi connectivity index (χ3v) is 5.24. The predicted molar refractivity (Wildman–Crippen MR) is 129 cm³/mol. The van der Waals surface area contributed by atoms with Crippen LogP contribution in [0, 0.1) is 11.3 Å². The summed E-state index contributed by atoms with van der Waals surface area (Å²) in [5.41, 5.74) is 3.84. The Kier molecular flexibility index (Phi) is 8.15. The van der Waals surface area contributed by atoms with Crippen molar-refractivity contribution in [3.8, 4) is 11.8 Å². The second kappa shape index (κ2) is 11.2. The van der Waals surface area contributed by atoms with Crippen molar-refractivity contribution in [2.24, 2.45) is 0 Å². The summed E-state index contributed by atoms with van der Waals surface area (Å²) < 4.78 is 10.8. The average Bonchev–Trinajstić information content (AvgIpc) is 3.26. The average molecular weight is 434 g/mol. The Morgan fingerprint density at radius 3 is 2.53 bits per heavy atom. The molecular weight excluding hydrogens is 402 g/mol. The highest BCUT2D eigenvalue weighted by molar-refractivity contribution is 5.94. The first-order valence-corrected chi connectivity index (χ1v) is 11.2. The molecule has 3 rings (SSSR count). The van der Waals surface area contributed by atoms with Crippen LogP contribution in [0.4, 0.5) is 16.2 Å². The van der Waals surface area contributed by atoms with Crippen molar-refractivity contribution in [2.45, 2.75) is 58.6 Å². The summed E-state index contributed by atoms with van der Waals surface area (Å²) >= 11 is 0. The van der Waals surface area contributed by atoms with E-state index >= 15 is 0 Å². The molecule has 2 aromatic rings. The number of nitriles is 1. The van der Waals surface area contributed by atoms with E-state index in [4.69, 9.17) is 9.47 Å². The molecule has 1 amide bonds. The van der Waals surface area contributed by atoms with Gasteiger partial charge in [-0.2, -0.15) is 5.26 Å². The number of nitrogens with zero attached hydrogens (tertiary/aromatic N) is 1. The Hall–Kier alpha value is -3.46. The molecule has 1 aliphatic carbocycles. The molecule has 0 heterocycles. The molecular formula is C26H31N3O3. The molecule has 0 aromatic heterocycles. The maximum Gasteiger partial charge on any atom is 0.411 e. The third-order valence-electron chi connectivity index (χ3n) is 5.24. The minimum atomic E-state index is -0.488.